The van der Waals surface area contributed by atoms with Gasteiger partial charge in [0.15, 0.2) is 0 Å². The van der Waals surface area contributed by atoms with E-state index in [1.54, 1.807) is 0 Å². The minimum Gasteiger partial charge on any atom is -0.367 e. The summed E-state index contributed by atoms with van der Waals surface area (Å²) in [6, 6.07) is 0. The Hall–Kier alpha value is 0.0500. The van der Waals surface area contributed by atoms with Gasteiger partial charge in [-0.3, -0.25) is 0 Å². The number of thioether (sulfide) groups is 1. The van der Waals surface area contributed by atoms with Crippen LogP contribution in [0.3, 0.4) is 0 Å². The summed E-state index contributed by atoms with van der Waals surface area (Å²) in [6.45, 7) is 4.36. The lowest BCUT2D eigenvalue weighted by molar-refractivity contribution is -0.0810. The number of hydrogen-bond donors (Lipinski definition) is 0. The second-order valence-electron chi connectivity index (χ2n) is 3.88. The van der Waals surface area contributed by atoms with Crippen molar-refractivity contribution in [3.8, 4) is 0 Å². The van der Waals surface area contributed by atoms with Crippen LogP contribution < -0.4 is 0 Å². The number of rotatable bonds is 0. The van der Waals surface area contributed by atoms with Crippen LogP contribution in [0.4, 0.5) is 0 Å². The first kappa shape index (κ1) is 7.69. The fourth-order valence-electron chi connectivity index (χ4n) is 1.69. The van der Waals surface area contributed by atoms with Crippen LogP contribution in [0, 0.1) is 0 Å². The molecule has 11 heavy (non-hydrogen) atoms. The lowest BCUT2D eigenvalue weighted by Gasteiger charge is -2.37. The quantitative estimate of drug-likeness (QED) is 0.552. The predicted octanol–water partition coefficient (Wildman–Crippen LogP) is 2.57. The maximum Gasteiger partial charge on any atom is 0.0892 e. The summed E-state index contributed by atoms with van der Waals surface area (Å²) in [7, 11) is 0. The maximum atomic E-state index is 5.89. The van der Waals surface area contributed by atoms with Crippen LogP contribution in [0.2, 0.25) is 0 Å². The molecule has 2 heterocycles. The molecule has 0 radical (unpaired) electrons. The Kier molecular flexibility index (Phi) is 1.77. The van der Waals surface area contributed by atoms with Gasteiger partial charge in [-0.25, -0.2) is 0 Å². The monoisotopic (exact) mass is 170 g/mol. The second kappa shape index (κ2) is 2.53. The van der Waals surface area contributed by atoms with E-state index in [0.29, 0.717) is 11.4 Å². The SMILES string of the molecule is CC1(C)CCC2SC=CC2O1. The Bertz CT molecular complexity index is 186. The predicted molar refractivity (Wildman–Crippen MR) is 48.7 cm³/mol. The van der Waals surface area contributed by atoms with E-state index >= 15 is 0 Å². The molecule has 0 N–H and O–H groups in total. The van der Waals surface area contributed by atoms with Crippen LogP contribution >= 0.6 is 11.8 Å². The van der Waals surface area contributed by atoms with Gasteiger partial charge in [-0.05, 0) is 38.2 Å². The zero-order valence-electron chi connectivity index (χ0n) is 7.04. The molecule has 2 rings (SSSR count). The molecular weight excluding hydrogens is 156 g/mol. The van der Waals surface area contributed by atoms with Crippen molar-refractivity contribution < 1.29 is 4.74 Å². The highest BCUT2D eigenvalue weighted by atomic mass is 32.2. The number of hydrogen-bond acceptors (Lipinski definition) is 2. The van der Waals surface area contributed by atoms with E-state index in [4.69, 9.17) is 4.74 Å². The topological polar surface area (TPSA) is 9.23 Å². The average molecular weight is 170 g/mol. The van der Waals surface area contributed by atoms with Crippen LogP contribution in [0.25, 0.3) is 0 Å². The Morgan fingerprint density at radius 3 is 3.18 bits per heavy atom. The third-order valence-electron chi connectivity index (χ3n) is 2.37. The summed E-state index contributed by atoms with van der Waals surface area (Å²) in [5, 5.41) is 2.89. The molecule has 62 valence electrons. The van der Waals surface area contributed by atoms with Crippen molar-refractivity contribution >= 4 is 11.8 Å². The molecule has 0 aliphatic carbocycles. The molecule has 2 aliphatic heterocycles. The van der Waals surface area contributed by atoms with Crippen LogP contribution in [0.15, 0.2) is 11.5 Å². The fraction of sp³-hybridized carbons (Fsp3) is 0.778. The van der Waals surface area contributed by atoms with Crippen molar-refractivity contribution in [1.82, 2.24) is 0 Å². The van der Waals surface area contributed by atoms with Gasteiger partial charge in [0.1, 0.15) is 0 Å². The molecule has 0 bridgehead atoms. The van der Waals surface area contributed by atoms with E-state index in [9.17, 15) is 0 Å². The zero-order valence-corrected chi connectivity index (χ0v) is 7.86. The van der Waals surface area contributed by atoms with Gasteiger partial charge in [-0.15, -0.1) is 11.8 Å². The van der Waals surface area contributed by atoms with Gasteiger partial charge in [0.2, 0.25) is 0 Å². The lowest BCUT2D eigenvalue weighted by Crippen LogP contribution is -2.39. The Morgan fingerprint density at radius 2 is 2.36 bits per heavy atom. The maximum absolute atomic E-state index is 5.89. The van der Waals surface area contributed by atoms with Gasteiger partial charge in [-0.2, -0.15) is 0 Å². The third kappa shape index (κ3) is 1.47. The van der Waals surface area contributed by atoms with Crippen LogP contribution in [0.5, 0.6) is 0 Å². The summed E-state index contributed by atoms with van der Waals surface area (Å²) in [5.41, 5.74) is 0.108. The van der Waals surface area contributed by atoms with Crippen molar-refractivity contribution in [2.24, 2.45) is 0 Å². The summed E-state index contributed by atoms with van der Waals surface area (Å²) in [6.07, 6.45) is 5.08. The van der Waals surface area contributed by atoms with E-state index in [-0.39, 0.29) is 5.60 Å². The zero-order chi connectivity index (χ0) is 7.90. The molecule has 2 atom stereocenters. The second-order valence-corrected chi connectivity index (χ2v) is 5.03. The number of ether oxygens (including phenoxy) is 1. The normalized spacial score (nSPS) is 40.5. The molecule has 2 unspecified atom stereocenters. The van der Waals surface area contributed by atoms with Crippen molar-refractivity contribution in [3.63, 3.8) is 0 Å². The molecule has 0 aromatic heterocycles. The van der Waals surface area contributed by atoms with Crippen molar-refractivity contribution in [2.45, 2.75) is 43.6 Å². The molecular formula is C9H14OS. The average Bonchev–Trinajstić information content (AvgIpc) is 2.31. The van der Waals surface area contributed by atoms with Crippen LogP contribution in [-0.2, 0) is 4.74 Å². The number of fused-ring (bicyclic) bond motifs is 1. The fourth-order valence-corrected chi connectivity index (χ4v) is 2.69. The van der Waals surface area contributed by atoms with E-state index in [0.717, 1.165) is 0 Å². The molecule has 0 spiro atoms. The Labute approximate surface area is 72.2 Å². The van der Waals surface area contributed by atoms with Crippen LogP contribution in [0.1, 0.15) is 26.7 Å². The van der Waals surface area contributed by atoms with Crippen molar-refractivity contribution in [3.05, 3.63) is 11.5 Å². The van der Waals surface area contributed by atoms with E-state index in [2.05, 4.69) is 25.3 Å². The van der Waals surface area contributed by atoms with Gasteiger partial charge in [-0.1, -0.05) is 0 Å². The Balaban J connectivity index is 2.06. The molecule has 1 nitrogen and oxygen atoms in total. The largest absolute Gasteiger partial charge is 0.367 e. The van der Waals surface area contributed by atoms with Crippen molar-refractivity contribution in [2.75, 3.05) is 0 Å². The van der Waals surface area contributed by atoms with Gasteiger partial charge < -0.3 is 4.74 Å². The van der Waals surface area contributed by atoms with E-state index < -0.39 is 0 Å². The highest BCUT2D eigenvalue weighted by Gasteiger charge is 2.36. The first-order chi connectivity index (χ1) is 5.17. The van der Waals surface area contributed by atoms with Crippen LogP contribution in [-0.4, -0.2) is 17.0 Å². The minimum atomic E-state index is 0.108. The summed E-state index contributed by atoms with van der Waals surface area (Å²) in [4.78, 5) is 0. The lowest BCUT2D eigenvalue weighted by atomic mass is 9.95. The summed E-state index contributed by atoms with van der Waals surface area (Å²) < 4.78 is 5.89. The standard InChI is InChI=1S/C9H14OS/c1-9(2)5-3-8-7(10-9)4-6-11-8/h4,6-8H,3,5H2,1-2H3. The first-order valence-corrected chi connectivity index (χ1v) is 5.12. The molecule has 0 aromatic rings. The highest BCUT2D eigenvalue weighted by molar-refractivity contribution is 8.03. The first-order valence-electron chi connectivity index (χ1n) is 4.17. The van der Waals surface area contributed by atoms with Gasteiger partial charge in [0, 0.05) is 5.25 Å². The summed E-state index contributed by atoms with van der Waals surface area (Å²) in [5.74, 6) is 0. The molecule has 1 saturated heterocycles. The van der Waals surface area contributed by atoms with Crippen molar-refractivity contribution in [1.29, 1.82) is 0 Å². The molecule has 0 amide bonds. The highest BCUT2D eigenvalue weighted by Crippen LogP contribution is 2.39. The summed E-state index contributed by atoms with van der Waals surface area (Å²) >= 11 is 1.92. The molecule has 2 heteroatoms. The molecule has 1 fully saturated rings. The van der Waals surface area contributed by atoms with E-state index in [1.165, 1.54) is 12.8 Å². The van der Waals surface area contributed by atoms with Gasteiger partial charge in [0.05, 0.1) is 11.7 Å². The van der Waals surface area contributed by atoms with Gasteiger partial charge in [0.25, 0.3) is 0 Å². The Morgan fingerprint density at radius 1 is 1.55 bits per heavy atom. The molecule has 2 aliphatic rings. The molecule has 0 aromatic carbocycles. The van der Waals surface area contributed by atoms with Gasteiger partial charge >= 0.3 is 0 Å². The smallest absolute Gasteiger partial charge is 0.0892 e. The van der Waals surface area contributed by atoms with E-state index in [1.807, 2.05) is 11.8 Å². The minimum absolute atomic E-state index is 0.108. The molecule has 0 saturated carbocycles. The third-order valence-corrected chi connectivity index (χ3v) is 3.54.